The van der Waals surface area contributed by atoms with Gasteiger partial charge in [0.2, 0.25) is 0 Å². The lowest BCUT2D eigenvalue weighted by atomic mass is 9.70. The standard InChI is InChI=1S/C23H25BrN4O/c24-20-10-4-5-11-21(20)28-15-17(25-26-28)14-27-16-22(29)18-8-2-3-9-19(18)23(27)12-6-1-7-13-23/h2-5,8-11,15,22,29H,1,6-7,12-14,16H2. The molecule has 1 fully saturated rings. The Morgan fingerprint density at radius 3 is 2.62 bits per heavy atom. The zero-order chi connectivity index (χ0) is 19.8. The lowest BCUT2D eigenvalue weighted by Gasteiger charge is -2.51. The maximum atomic E-state index is 10.9. The fourth-order valence-corrected chi connectivity index (χ4v) is 5.59. The van der Waals surface area contributed by atoms with Crippen LogP contribution in [0.5, 0.6) is 0 Å². The summed E-state index contributed by atoms with van der Waals surface area (Å²) in [6, 6.07) is 16.5. The maximum Gasteiger partial charge on any atom is 0.0972 e. The van der Waals surface area contributed by atoms with Crippen molar-refractivity contribution in [3.63, 3.8) is 0 Å². The Hall–Kier alpha value is -2.02. The molecule has 3 aromatic rings. The van der Waals surface area contributed by atoms with Gasteiger partial charge in [-0.25, -0.2) is 4.68 Å². The predicted molar refractivity (Wildman–Crippen MR) is 116 cm³/mol. The van der Waals surface area contributed by atoms with Crippen LogP contribution in [0.25, 0.3) is 5.69 Å². The predicted octanol–water partition coefficient (Wildman–Crippen LogP) is 4.74. The van der Waals surface area contributed by atoms with Gasteiger partial charge in [-0.2, -0.15) is 0 Å². The Labute approximate surface area is 179 Å². The average Bonchev–Trinajstić information content (AvgIpc) is 3.21. The monoisotopic (exact) mass is 452 g/mol. The molecule has 1 unspecified atom stereocenters. The highest BCUT2D eigenvalue weighted by atomic mass is 79.9. The van der Waals surface area contributed by atoms with Gasteiger partial charge in [-0.05, 0) is 52.0 Å². The third kappa shape index (κ3) is 3.33. The molecule has 0 amide bonds. The van der Waals surface area contributed by atoms with Crippen LogP contribution in [0.3, 0.4) is 0 Å². The highest BCUT2D eigenvalue weighted by molar-refractivity contribution is 9.10. The number of β-amino-alcohol motifs (C(OH)–C–C–N with tert-alkyl or cyclic N) is 1. The van der Waals surface area contributed by atoms with E-state index in [1.54, 1.807) is 0 Å². The number of aliphatic hydroxyl groups is 1. The Bertz CT molecular complexity index is 1010. The Kier molecular flexibility index (Phi) is 5.02. The van der Waals surface area contributed by atoms with Crippen molar-refractivity contribution in [2.24, 2.45) is 0 Å². The molecule has 1 aliphatic carbocycles. The molecule has 2 heterocycles. The topological polar surface area (TPSA) is 54.2 Å². The number of hydrogen-bond donors (Lipinski definition) is 1. The van der Waals surface area contributed by atoms with Crippen molar-refractivity contribution in [2.75, 3.05) is 6.54 Å². The van der Waals surface area contributed by atoms with Gasteiger partial charge in [-0.15, -0.1) is 5.10 Å². The van der Waals surface area contributed by atoms with E-state index in [-0.39, 0.29) is 5.54 Å². The van der Waals surface area contributed by atoms with Crippen LogP contribution < -0.4 is 0 Å². The molecule has 1 N–H and O–H groups in total. The normalized spacial score (nSPS) is 21.2. The van der Waals surface area contributed by atoms with Crippen LogP contribution in [-0.2, 0) is 12.1 Å². The Balaban J connectivity index is 1.49. The van der Waals surface area contributed by atoms with Gasteiger partial charge in [-0.3, -0.25) is 4.90 Å². The Morgan fingerprint density at radius 1 is 1.03 bits per heavy atom. The van der Waals surface area contributed by atoms with Gasteiger partial charge in [-0.1, -0.05) is 60.9 Å². The highest BCUT2D eigenvalue weighted by Crippen LogP contribution is 2.48. The van der Waals surface area contributed by atoms with Crippen molar-refractivity contribution in [1.29, 1.82) is 0 Å². The number of aliphatic hydroxyl groups excluding tert-OH is 1. The summed E-state index contributed by atoms with van der Waals surface area (Å²) in [6.07, 6.45) is 7.55. The number of para-hydroxylation sites is 1. The summed E-state index contributed by atoms with van der Waals surface area (Å²) in [5, 5.41) is 19.7. The van der Waals surface area contributed by atoms with Gasteiger partial charge in [0, 0.05) is 23.1 Å². The first-order chi connectivity index (χ1) is 14.2. The number of nitrogens with zero attached hydrogens (tertiary/aromatic N) is 4. The van der Waals surface area contributed by atoms with Crippen LogP contribution in [0, 0.1) is 0 Å². The number of aromatic nitrogens is 3. The summed E-state index contributed by atoms with van der Waals surface area (Å²) in [4.78, 5) is 2.45. The first-order valence-electron chi connectivity index (χ1n) is 10.4. The minimum Gasteiger partial charge on any atom is -0.387 e. The zero-order valence-electron chi connectivity index (χ0n) is 16.3. The molecule has 0 saturated heterocycles. The summed E-state index contributed by atoms with van der Waals surface area (Å²) in [5.74, 6) is 0. The molecule has 2 aromatic carbocycles. The molecule has 1 spiro atoms. The molecule has 5 rings (SSSR count). The van der Waals surface area contributed by atoms with Gasteiger partial charge < -0.3 is 5.11 Å². The van der Waals surface area contributed by atoms with E-state index in [9.17, 15) is 5.11 Å². The molecule has 5 nitrogen and oxygen atoms in total. The third-order valence-corrected chi connectivity index (χ3v) is 7.16. The number of rotatable bonds is 3. The van der Waals surface area contributed by atoms with Gasteiger partial charge in [0.15, 0.2) is 0 Å². The minimum atomic E-state index is -0.461. The first-order valence-corrected chi connectivity index (χ1v) is 11.2. The van der Waals surface area contributed by atoms with Crippen LogP contribution >= 0.6 is 15.9 Å². The molecule has 0 bridgehead atoms. The molecule has 1 atom stereocenters. The highest BCUT2D eigenvalue weighted by Gasteiger charge is 2.45. The summed E-state index contributed by atoms with van der Waals surface area (Å²) >= 11 is 3.59. The van der Waals surface area contributed by atoms with E-state index in [4.69, 9.17) is 0 Å². The molecular weight excluding hydrogens is 428 g/mol. The lowest BCUT2D eigenvalue weighted by molar-refractivity contribution is -0.0215. The zero-order valence-corrected chi connectivity index (χ0v) is 17.9. The SMILES string of the molecule is OC1CN(Cc2cn(-c3ccccc3Br)nn2)C2(CCCCC2)c2ccccc21. The van der Waals surface area contributed by atoms with Crippen molar-refractivity contribution in [3.05, 3.63) is 76.0 Å². The molecular formula is C23H25BrN4O. The molecule has 2 aliphatic rings. The van der Waals surface area contributed by atoms with Crippen LogP contribution in [0.4, 0.5) is 0 Å². The molecule has 1 aliphatic heterocycles. The molecule has 0 radical (unpaired) electrons. The van der Waals surface area contributed by atoms with Crippen LogP contribution in [0.15, 0.2) is 59.2 Å². The van der Waals surface area contributed by atoms with Gasteiger partial charge in [0.05, 0.1) is 23.7 Å². The second-order valence-electron chi connectivity index (χ2n) is 8.18. The van der Waals surface area contributed by atoms with Crippen molar-refractivity contribution in [2.45, 2.75) is 50.3 Å². The number of benzene rings is 2. The van der Waals surface area contributed by atoms with Crippen LogP contribution in [0.2, 0.25) is 0 Å². The van der Waals surface area contributed by atoms with E-state index in [1.165, 1.54) is 24.8 Å². The van der Waals surface area contributed by atoms with E-state index in [2.05, 4.69) is 49.3 Å². The fraction of sp³-hybridized carbons (Fsp3) is 0.391. The van der Waals surface area contributed by atoms with Gasteiger partial charge in [0.1, 0.15) is 0 Å². The van der Waals surface area contributed by atoms with E-state index in [1.807, 2.05) is 41.2 Å². The molecule has 150 valence electrons. The minimum absolute atomic E-state index is 0.00875. The number of halogens is 1. The lowest BCUT2D eigenvalue weighted by Crippen LogP contribution is -2.52. The molecule has 1 saturated carbocycles. The summed E-state index contributed by atoms with van der Waals surface area (Å²) in [6.45, 7) is 1.33. The van der Waals surface area contributed by atoms with Gasteiger partial charge in [0.25, 0.3) is 0 Å². The average molecular weight is 453 g/mol. The van der Waals surface area contributed by atoms with Crippen molar-refractivity contribution >= 4 is 15.9 Å². The maximum absolute atomic E-state index is 10.9. The quantitative estimate of drug-likeness (QED) is 0.623. The smallest absolute Gasteiger partial charge is 0.0972 e. The number of hydrogen-bond acceptors (Lipinski definition) is 4. The van der Waals surface area contributed by atoms with E-state index in [0.29, 0.717) is 13.1 Å². The molecule has 29 heavy (non-hydrogen) atoms. The van der Waals surface area contributed by atoms with Crippen molar-refractivity contribution in [3.8, 4) is 5.69 Å². The summed E-state index contributed by atoms with van der Waals surface area (Å²) < 4.78 is 2.81. The fourth-order valence-electron chi connectivity index (χ4n) is 5.12. The first kappa shape index (κ1) is 19.0. The summed E-state index contributed by atoms with van der Waals surface area (Å²) in [7, 11) is 0. The van der Waals surface area contributed by atoms with Crippen LogP contribution in [-0.4, -0.2) is 31.5 Å². The second-order valence-corrected chi connectivity index (χ2v) is 9.04. The van der Waals surface area contributed by atoms with E-state index in [0.717, 1.165) is 34.3 Å². The largest absolute Gasteiger partial charge is 0.387 e. The van der Waals surface area contributed by atoms with Crippen molar-refractivity contribution < 1.29 is 5.11 Å². The molecule has 1 aromatic heterocycles. The third-order valence-electron chi connectivity index (χ3n) is 6.49. The van der Waals surface area contributed by atoms with E-state index >= 15 is 0 Å². The molecule has 6 heteroatoms. The van der Waals surface area contributed by atoms with Gasteiger partial charge >= 0.3 is 0 Å². The number of fused-ring (bicyclic) bond motifs is 2. The van der Waals surface area contributed by atoms with Crippen molar-refractivity contribution in [1.82, 2.24) is 19.9 Å². The summed E-state index contributed by atoms with van der Waals surface area (Å²) in [5.41, 5.74) is 4.30. The van der Waals surface area contributed by atoms with E-state index < -0.39 is 6.10 Å². The van der Waals surface area contributed by atoms with Crippen LogP contribution in [0.1, 0.15) is 55.0 Å². The second kappa shape index (κ2) is 7.67. The Morgan fingerprint density at radius 2 is 1.79 bits per heavy atom.